The third kappa shape index (κ3) is 4.98. The normalized spacial score (nSPS) is 11.1. The van der Waals surface area contributed by atoms with Gasteiger partial charge in [0, 0.05) is 29.3 Å². The number of rotatable bonds is 8. The van der Waals surface area contributed by atoms with Crippen molar-refractivity contribution in [3.05, 3.63) is 47.0 Å². The van der Waals surface area contributed by atoms with Gasteiger partial charge in [0.15, 0.2) is 16.6 Å². The zero-order chi connectivity index (χ0) is 21.0. The van der Waals surface area contributed by atoms with Crippen molar-refractivity contribution in [1.82, 2.24) is 9.88 Å². The molecular weight excluding hydrogens is 410 g/mol. The summed E-state index contributed by atoms with van der Waals surface area (Å²) >= 11 is 7.55. The summed E-state index contributed by atoms with van der Waals surface area (Å²) in [7, 11) is 7.22. The Bertz CT molecular complexity index is 965. The van der Waals surface area contributed by atoms with E-state index in [-0.39, 0.29) is 5.91 Å². The molecular formula is C21H24ClN3O3S. The quantitative estimate of drug-likeness (QED) is 0.521. The van der Waals surface area contributed by atoms with E-state index in [2.05, 4.69) is 4.90 Å². The maximum absolute atomic E-state index is 13.3. The van der Waals surface area contributed by atoms with E-state index in [9.17, 15) is 4.79 Å². The van der Waals surface area contributed by atoms with Crippen LogP contribution in [0.4, 0.5) is 5.13 Å². The molecule has 2 aromatic carbocycles. The van der Waals surface area contributed by atoms with E-state index in [1.54, 1.807) is 43.4 Å². The molecule has 0 N–H and O–H groups in total. The van der Waals surface area contributed by atoms with Gasteiger partial charge in [-0.15, -0.1) is 0 Å². The van der Waals surface area contributed by atoms with Crippen LogP contribution in [0.25, 0.3) is 10.2 Å². The molecule has 0 radical (unpaired) electrons. The van der Waals surface area contributed by atoms with Gasteiger partial charge in [-0.1, -0.05) is 29.0 Å². The van der Waals surface area contributed by atoms with Gasteiger partial charge in [-0.05, 0) is 45.3 Å². The lowest BCUT2D eigenvalue weighted by molar-refractivity contribution is 0.0986. The summed E-state index contributed by atoms with van der Waals surface area (Å²) in [6.45, 7) is 1.42. The molecule has 8 heteroatoms. The molecule has 0 saturated carbocycles. The third-order valence-electron chi connectivity index (χ3n) is 4.42. The molecule has 0 fully saturated rings. The molecule has 1 heterocycles. The summed E-state index contributed by atoms with van der Waals surface area (Å²) in [5.74, 6) is 1.12. The van der Waals surface area contributed by atoms with Gasteiger partial charge in [-0.25, -0.2) is 4.98 Å². The van der Waals surface area contributed by atoms with E-state index in [0.717, 1.165) is 23.2 Å². The van der Waals surface area contributed by atoms with Gasteiger partial charge >= 0.3 is 0 Å². The number of carbonyl (C=O) groups is 1. The summed E-state index contributed by atoms with van der Waals surface area (Å²) < 4.78 is 11.7. The van der Waals surface area contributed by atoms with Gasteiger partial charge in [0.2, 0.25) is 0 Å². The molecule has 0 aliphatic carbocycles. The van der Waals surface area contributed by atoms with Crippen LogP contribution in [0, 0.1) is 0 Å². The number of amides is 1. The van der Waals surface area contributed by atoms with Crippen LogP contribution >= 0.6 is 22.9 Å². The number of nitrogens with zero attached hydrogens (tertiary/aromatic N) is 3. The van der Waals surface area contributed by atoms with Crippen molar-refractivity contribution in [3.63, 3.8) is 0 Å². The van der Waals surface area contributed by atoms with Gasteiger partial charge in [-0.3, -0.25) is 9.69 Å². The standard InChI is InChI=1S/C21H24ClN3O3S/c1-24(2)9-6-10-25(20(26)14-7-5-8-15(22)11-14)21-23-16-12-17(27-3)18(28-4)13-19(16)29-21/h5,7-8,11-13H,6,9-10H2,1-4H3. The smallest absolute Gasteiger partial charge is 0.260 e. The van der Waals surface area contributed by atoms with Crippen LogP contribution in [0.5, 0.6) is 11.5 Å². The number of aromatic nitrogens is 1. The summed E-state index contributed by atoms with van der Waals surface area (Å²) in [6, 6.07) is 10.7. The Morgan fingerprint density at radius 2 is 1.83 bits per heavy atom. The second-order valence-electron chi connectivity index (χ2n) is 6.80. The van der Waals surface area contributed by atoms with Gasteiger partial charge in [0.25, 0.3) is 5.91 Å². The van der Waals surface area contributed by atoms with Gasteiger partial charge in [0.1, 0.15) is 0 Å². The van der Waals surface area contributed by atoms with Crippen LogP contribution in [0.15, 0.2) is 36.4 Å². The largest absolute Gasteiger partial charge is 0.493 e. The highest BCUT2D eigenvalue weighted by molar-refractivity contribution is 7.22. The maximum Gasteiger partial charge on any atom is 0.260 e. The zero-order valence-electron chi connectivity index (χ0n) is 16.9. The number of thiazole rings is 1. The second-order valence-corrected chi connectivity index (χ2v) is 8.24. The number of anilines is 1. The average Bonchev–Trinajstić information content (AvgIpc) is 3.11. The molecule has 0 aliphatic heterocycles. The van der Waals surface area contributed by atoms with E-state index in [1.807, 2.05) is 26.2 Å². The van der Waals surface area contributed by atoms with Crippen molar-refractivity contribution >= 4 is 44.2 Å². The number of ether oxygens (including phenoxy) is 2. The molecule has 3 aromatic rings. The fraction of sp³-hybridized carbons (Fsp3) is 0.333. The Morgan fingerprint density at radius 1 is 1.10 bits per heavy atom. The van der Waals surface area contributed by atoms with Crippen LogP contribution in [0.1, 0.15) is 16.8 Å². The first-order valence-electron chi connectivity index (χ1n) is 9.17. The van der Waals surface area contributed by atoms with Crippen molar-refractivity contribution in [2.75, 3.05) is 46.3 Å². The number of fused-ring (bicyclic) bond motifs is 1. The third-order valence-corrected chi connectivity index (χ3v) is 5.69. The van der Waals surface area contributed by atoms with Crippen molar-refractivity contribution in [3.8, 4) is 11.5 Å². The molecule has 29 heavy (non-hydrogen) atoms. The first-order chi connectivity index (χ1) is 13.9. The first-order valence-corrected chi connectivity index (χ1v) is 10.4. The molecule has 6 nitrogen and oxygen atoms in total. The van der Waals surface area contributed by atoms with Crippen molar-refractivity contribution in [1.29, 1.82) is 0 Å². The summed E-state index contributed by atoms with van der Waals surface area (Å²) in [4.78, 5) is 21.8. The number of methoxy groups -OCH3 is 2. The Morgan fingerprint density at radius 3 is 2.48 bits per heavy atom. The lowest BCUT2D eigenvalue weighted by Gasteiger charge is -2.21. The van der Waals surface area contributed by atoms with Crippen LogP contribution in [-0.4, -0.2) is 57.2 Å². The fourth-order valence-electron chi connectivity index (χ4n) is 2.96. The molecule has 1 amide bonds. The number of hydrogen-bond donors (Lipinski definition) is 0. The van der Waals surface area contributed by atoms with Crippen LogP contribution in [0.2, 0.25) is 5.02 Å². The Balaban J connectivity index is 1.99. The highest BCUT2D eigenvalue weighted by atomic mass is 35.5. The Hall–Kier alpha value is -2.35. The lowest BCUT2D eigenvalue weighted by atomic mass is 10.2. The van der Waals surface area contributed by atoms with Gasteiger partial charge in [-0.2, -0.15) is 0 Å². The highest BCUT2D eigenvalue weighted by Crippen LogP contribution is 2.37. The van der Waals surface area contributed by atoms with E-state index >= 15 is 0 Å². The topological polar surface area (TPSA) is 54.9 Å². The number of carbonyl (C=O) groups excluding carboxylic acids is 1. The molecule has 0 saturated heterocycles. The molecule has 0 spiro atoms. The van der Waals surface area contributed by atoms with E-state index in [4.69, 9.17) is 26.1 Å². The minimum Gasteiger partial charge on any atom is -0.493 e. The second kappa shape index (κ2) is 9.43. The van der Waals surface area contributed by atoms with Crippen LogP contribution in [0.3, 0.4) is 0 Å². The van der Waals surface area contributed by atoms with E-state index in [0.29, 0.717) is 33.8 Å². The maximum atomic E-state index is 13.3. The predicted molar refractivity (Wildman–Crippen MR) is 119 cm³/mol. The molecule has 154 valence electrons. The fourth-order valence-corrected chi connectivity index (χ4v) is 4.16. The summed E-state index contributed by atoms with van der Waals surface area (Å²) in [6.07, 6.45) is 0.821. The number of halogens is 1. The molecule has 0 bridgehead atoms. The molecule has 3 rings (SSSR count). The molecule has 0 atom stereocenters. The lowest BCUT2D eigenvalue weighted by Crippen LogP contribution is -2.33. The minimum atomic E-state index is -0.121. The summed E-state index contributed by atoms with van der Waals surface area (Å²) in [5.41, 5.74) is 1.30. The van der Waals surface area contributed by atoms with Crippen molar-refractivity contribution in [2.24, 2.45) is 0 Å². The van der Waals surface area contributed by atoms with Gasteiger partial charge < -0.3 is 14.4 Å². The SMILES string of the molecule is COc1cc2nc(N(CCCN(C)C)C(=O)c3cccc(Cl)c3)sc2cc1OC. The highest BCUT2D eigenvalue weighted by Gasteiger charge is 2.22. The van der Waals surface area contributed by atoms with E-state index < -0.39 is 0 Å². The van der Waals surface area contributed by atoms with Crippen molar-refractivity contribution < 1.29 is 14.3 Å². The summed E-state index contributed by atoms with van der Waals surface area (Å²) in [5, 5.41) is 1.17. The van der Waals surface area contributed by atoms with Crippen LogP contribution < -0.4 is 14.4 Å². The average molecular weight is 434 g/mol. The monoisotopic (exact) mass is 433 g/mol. The minimum absolute atomic E-state index is 0.121. The molecule has 0 unspecified atom stereocenters. The zero-order valence-corrected chi connectivity index (χ0v) is 18.5. The van der Waals surface area contributed by atoms with Crippen molar-refractivity contribution in [2.45, 2.75) is 6.42 Å². The molecule has 0 aliphatic rings. The number of hydrogen-bond acceptors (Lipinski definition) is 6. The first kappa shape index (κ1) is 21.4. The Labute approximate surface area is 179 Å². The van der Waals surface area contributed by atoms with Gasteiger partial charge in [0.05, 0.1) is 24.4 Å². The molecule has 1 aromatic heterocycles. The Kier molecular flexibility index (Phi) is 6.95. The number of benzene rings is 2. The predicted octanol–water partition coefficient (Wildman–Crippen LogP) is 4.57. The van der Waals surface area contributed by atoms with Crippen LogP contribution in [-0.2, 0) is 0 Å². The van der Waals surface area contributed by atoms with E-state index in [1.165, 1.54) is 11.3 Å².